The summed E-state index contributed by atoms with van der Waals surface area (Å²) in [5.41, 5.74) is -0.0900. The predicted octanol–water partition coefficient (Wildman–Crippen LogP) is 2.57. The van der Waals surface area contributed by atoms with E-state index in [4.69, 9.17) is 14.7 Å². The van der Waals surface area contributed by atoms with E-state index in [1.54, 1.807) is 13.0 Å². The van der Waals surface area contributed by atoms with Crippen LogP contribution in [0.25, 0.3) is 0 Å². The number of hydrogen-bond acceptors (Lipinski definition) is 5. The summed E-state index contributed by atoms with van der Waals surface area (Å²) in [7, 11) is 1.25. The molecule has 0 bridgehead atoms. The Hall–Kier alpha value is -2.43. The Kier molecular flexibility index (Phi) is 5.41. The largest absolute Gasteiger partial charge is 0.573 e. The van der Waals surface area contributed by atoms with Crippen LogP contribution < -0.4 is 9.47 Å². The molecule has 8 heteroatoms. The number of nitrogens with zero attached hydrogens (tertiary/aromatic N) is 1. The molecule has 1 aromatic rings. The fraction of sp³-hybridized carbons (Fsp3) is 0.385. The molecule has 0 amide bonds. The molecule has 0 aliphatic carbocycles. The van der Waals surface area contributed by atoms with Crippen LogP contribution in [0.5, 0.6) is 11.5 Å². The summed E-state index contributed by atoms with van der Waals surface area (Å²) < 4.78 is 50.2. The van der Waals surface area contributed by atoms with Crippen LogP contribution in [0.4, 0.5) is 13.2 Å². The Bertz CT molecular complexity index is 564. The third-order valence-electron chi connectivity index (χ3n) is 2.34. The molecule has 0 unspecified atom stereocenters. The number of benzene rings is 1. The van der Waals surface area contributed by atoms with Gasteiger partial charge in [0.1, 0.15) is 17.6 Å². The maximum atomic E-state index is 12.2. The maximum absolute atomic E-state index is 12.2. The third-order valence-corrected chi connectivity index (χ3v) is 2.34. The molecule has 0 N–H and O–H groups in total. The van der Waals surface area contributed by atoms with E-state index >= 15 is 0 Å². The molecule has 0 spiro atoms. The molecular formula is C13H12F3NO4. The van der Waals surface area contributed by atoms with Crippen molar-refractivity contribution < 1.29 is 32.2 Å². The Labute approximate surface area is 118 Å². The molecule has 0 fully saturated rings. The number of halogens is 3. The molecule has 114 valence electrons. The second-order valence-electron chi connectivity index (χ2n) is 3.80. The van der Waals surface area contributed by atoms with E-state index in [-0.39, 0.29) is 29.9 Å². The smallest absolute Gasteiger partial charge is 0.495 e. The van der Waals surface area contributed by atoms with Gasteiger partial charge in [-0.05, 0) is 13.0 Å². The van der Waals surface area contributed by atoms with Crippen molar-refractivity contribution in [3.8, 4) is 17.6 Å². The molecule has 0 aliphatic rings. The highest BCUT2D eigenvalue weighted by molar-refractivity contribution is 5.74. The van der Waals surface area contributed by atoms with E-state index in [2.05, 4.69) is 4.74 Å². The fourth-order valence-electron chi connectivity index (χ4n) is 1.68. The van der Waals surface area contributed by atoms with Crippen LogP contribution in [0.1, 0.15) is 18.1 Å². The summed E-state index contributed by atoms with van der Waals surface area (Å²) in [5.74, 6) is -1.23. The van der Waals surface area contributed by atoms with Crippen molar-refractivity contribution in [1.29, 1.82) is 5.26 Å². The number of carbonyl (C=O) groups is 1. The SMILES string of the molecule is CCOC(=O)Cc1cc(OC(F)(F)F)cc(C#N)c1OC. The van der Waals surface area contributed by atoms with E-state index in [1.807, 2.05) is 0 Å². The standard InChI is InChI=1S/C13H12F3NO4/c1-3-20-11(18)6-8-4-10(21-13(14,15)16)5-9(7-17)12(8)19-2/h4-5H,3,6H2,1-2H3. The summed E-state index contributed by atoms with van der Waals surface area (Å²) in [6, 6.07) is 3.57. The second kappa shape index (κ2) is 6.83. The van der Waals surface area contributed by atoms with Crippen LogP contribution in [-0.2, 0) is 16.0 Å². The lowest BCUT2D eigenvalue weighted by Crippen LogP contribution is -2.18. The predicted molar refractivity (Wildman–Crippen MR) is 64.7 cm³/mol. The van der Waals surface area contributed by atoms with Gasteiger partial charge in [-0.15, -0.1) is 13.2 Å². The van der Waals surface area contributed by atoms with Crippen LogP contribution in [-0.4, -0.2) is 26.0 Å². The lowest BCUT2D eigenvalue weighted by molar-refractivity contribution is -0.274. The van der Waals surface area contributed by atoms with Gasteiger partial charge in [0, 0.05) is 11.6 Å². The van der Waals surface area contributed by atoms with Crippen molar-refractivity contribution in [1.82, 2.24) is 0 Å². The fourth-order valence-corrected chi connectivity index (χ4v) is 1.68. The number of methoxy groups -OCH3 is 1. The van der Waals surface area contributed by atoms with Gasteiger partial charge < -0.3 is 14.2 Å². The quantitative estimate of drug-likeness (QED) is 0.782. The number of rotatable bonds is 5. The number of esters is 1. The summed E-state index contributed by atoms with van der Waals surface area (Å²) in [6.45, 7) is 1.73. The average Bonchev–Trinajstić information content (AvgIpc) is 2.36. The van der Waals surface area contributed by atoms with Crippen molar-refractivity contribution >= 4 is 5.97 Å². The van der Waals surface area contributed by atoms with Crippen molar-refractivity contribution in [2.75, 3.05) is 13.7 Å². The van der Waals surface area contributed by atoms with E-state index in [9.17, 15) is 18.0 Å². The first kappa shape index (κ1) is 16.6. The molecule has 0 aliphatic heterocycles. The number of alkyl halides is 3. The molecular weight excluding hydrogens is 291 g/mol. The van der Waals surface area contributed by atoms with Crippen LogP contribution in [0, 0.1) is 11.3 Å². The van der Waals surface area contributed by atoms with Gasteiger partial charge in [-0.2, -0.15) is 5.26 Å². The minimum absolute atomic E-state index is 0.0140. The van der Waals surface area contributed by atoms with Crippen molar-refractivity contribution in [2.24, 2.45) is 0 Å². The van der Waals surface area contributed by atoms with E-state index in [1.165, 1.54) is 7.11 Å². The van der Waals surface area contributed by atoms with Gasteiger partial charge in [-0.25, -0.2) is 0 Å². The molecule has 0 radical (unpaired) electrons. The second-order valence-corrected chi connectivity index (χ2v) is 3.80. The van der Waals surface area contributed by atoms with Crippen LogP contribution in [0.2, 0.25) is 0 Å². The highest BCUT2D eigenvalue weighted by Crippen LogP contribution is 2.32. The summed E-state index contributed by atoms with van der Waals surface area (Å²) in [6.07, 6.45) is -5.23. The molecule has 0 atom stereocenters. The molecule has 0 heterocycles. The van der Waals surface area contributed by atoms with Crippen molar-refractivity contribution in [3.05, 3.63) is 23.3 Å². The number of hydrogen-bond donors (Lipinski definition) is 0. The molecule has 5 nitrogen and oxygen atoms in total. The minimum atomic E-state index is -4.90. The van der Waals surface area contributed by atoms with E-state index in [0.29, 0.717) is 0 Å². The minimum Gasteiger partial charge on any atom is -0.495 e. The van der Waals surface area contributed by atoms with Gasteiger partial charge in [0.2, 0.25) is 0 Å². The van der Waals surface area contributed by atoms with Crippen molar-refractivity contribution in [2.45, 2.75) is 19.7 Å². The normalized spacial score (nSPS) is 10.7. The van der Waals surface area contributed by atoms with Gasteiger partial charge >= 0.3 is 12.3 Å². The van der Waals surface area contributed by atoms with Gasteiger partial charge in [0.25, 0.3) is 0 Å². The average molecular weight is 303 g/mol. The zero-order valence-electron chi connectivity index (χ0n) is 11.3. The summed E-state index contributed by atoms with van der Waals surface area (Å²) in [4.78, 5) is 11.5. The van der Waals surface area contributed by atoms with Gasteiger partial charge in [0.15, 0.2) is 0 Å². The lowest BCUT2D eigenvalue weighted by atomic mass is 10.1. The number of carbonyl (C=O) groups excluding carboxylic acids is 1. The molecule has 21 heavy (non-hydrogen) atoms. The summed E-state index contributed by atoms with van der Waals surface area (Å²) in [5, 5.41) is 8.95. The Morgan fingerprint density at radius 1 is 1.38 bits per heavy atom. The third kappa shape index (κ3) is 4.87. The molecule has 0 aromatic heterocycles. The molecule has 0 saturated carbocycles. The van der Waals surface area contributed by atoms with Crippen LogP contribution >= 0.6 is 0 Å². The zero-order chi connectivity index (χ0) is 16.0. The van der Waals surface area contributed by atoms with Crippen LogP contribution in [0.3, 0.4) is 0 Å². The molecule has 1 aromatic carbocycles. The first-order valence-corrected chi connectivity index (χ1v) is 5.83. The summed E-state index contributed by atoms with van der Waals surface area (Å²) >= 11 is 0. The lowest BCUT2D eigenvalue weighted by Gasteiger charge is -2.14. The van der Waals surface area contributed by atoms with Gasteiger partial charge in [-0.1, -0.05) is 0 Å². The Morgan fingerprint density at radius 2 is 2.05 bits per heavy atom. The molecule has 0 saturated heterocycles. The van der Waals surface area contributed by atoms with E-state index in [0.717, 1.165) is 12.1 Å². The highest BCUT2D eigenvalue weighted by Gasteiger charge is 2.32. The van der Waals surface area contributed by atoms with Crippen molar-refractivity contribution in [3.63, 3.8) is 0 Å². The maximum Gasteiger partial charge on any atom is 0.573 e. The zero-order valence-corrected chi connectivity index (χ0v) is 11.3. The first-order valence-electron chi connectivity index (χ1n) is 5.83. The first-order chi connectivity index (χ1) is 9.80. The molecule has 1 rings (SSSR count). The highest BCUT2D eigenvalue weighted by atomic mass is 19.4. The number of nitriles is 1. The van der Waals surface area contributed by atoms with Crippen LogP contribution in [0.15, 0.2) is 12.1 Å². The number of ether oxygens (including phenoxy) is 3. The topological polar surface area (TPSA) is 68.5 Å². The Balaban J connectivity index is 3.22. The van der Waals surface area contributed by atoms with Gasteiger partial charge in [-0.3, -0.25) is 4.79 Å². The monoisotopic (exact) mass is 303 g/mol. The van der Waals surface area contributed by atoms with E-state index < -0.39 is 18.1 Å². The Morgan fingerprint density at radius 3 is 2.52 bits per heavy atom. The van der Waals surface area contributed by atoms with Gasteiger partial charge in [0.05, 0.1) is 25.7 Å².